The van der Waals surface area contributed by atoms with Crippen molar-refractivity contribution < 1.29 is 4.79 Å². The number of rotatable bonds is 5. The van der Waals surface area contributed by atoms with Gasteiger partial charge in [0.1, 0.15) is 6.54 Å². The highest BCUT2D eigenvalue weighted by Gasteiger charge is 2.30. The molecule has 1 saturated heterocycles. The lowest BCUT2D eigenvalue weighted by atomic mass is 10.1. The van der Waals surface area contributed by atoms with Crippen molar-refractivity contribution in [2.75, 3.05) is 13.1 Å². The van der Waals surface area contributed by atoms with Gasteiger partial charge in [0.25, 0.3) is 5.56 Å². The van der Waals surface area contributed by atoms with Crippen molar-refractivity contribution in [3.05, 3.63) is 70.1 Å². The van der Waals surface area contributed by atoms with Crippen molar-refractivity contribution in [2.24, 2.45) is 5.92 Å². The topological polar surface area (TPSA) is 54.3 Å². The number of aromatic nitrogens is 1. The number of amides is 1. The van der Waals surface area contributed by atoms with Crippen molar-refractivity contribution in [3.8, 4) is 0 Å². The standard InChI is InChI=1S/C20H25N3O2/c1-15-8-9-23(20(25)10-15)14-19(24)21-18-13-22(11-16(18)2)12-17-6-4-3-5-7-17/h3-10,16,18H,11-14H2,1-2H3,(H,21,24)/t16-,18+/m0/s1. The van der Waals surface area contributed by atoms with Crippen LogP contribution in [-0.2, 0) is 17.9 Å². The van der Waals surface area contributed by atoms with E-state index in [1.165, 1.54) is 10.1 Å². The molecule has 2 atom stereocenters. The number of carbonyl (C=O) groups is 1. The summed E-state index contributed by atoms with van der Waals surface area (Å²) >= 11 is 0. The predicted octanol–water partition coefficient (Wildman–Crippen LogP) is 1.79. The molecule has 1 aliphatic rings. The van der Waals surface area contributed by atoms with Crippen LogP contribution in [0.5, 0.6) is 0 Å². The number of hydrogen-bond acceptors (Lipinski definition) is 3. The van der Waals surface area contributed by atoms with E-state index in [0.29, 0.717) is 5.92 Å². The summed E-state index contributed by atoms with van der Waals surface area (Å²) in [6.45, 7) is 6.80. The second kappa shape index (κ2) is 7.66. The molecule has 0 bridgehead atoms. The molecule has 1 aromatic heterocycles. The van der Waals surface area contributed by atoms with Crippen LogP contribution in [0.3, 0.4) is 0 Å². The van der Waals surface area contributed by atoms with E-state index in [4.69, 9.17) is 0 Å². The van der Waals surface area contributed by atoms with Crippen LogP contribution in [0.2, 0.25) is 0 Å². The van der Waals surface area contributed by atoms with Crippen LogP contribution in [0.1, 0.15) is 18.1 Å². The number of nitrogens with zero attached hydrogens (tertiary/aromatic N) is 2. The molecule has 5 heteroatoms. The lowest BCUT2D eigenvalue weighted by Crippen LogP contribution is -2.42. The smallest absolute Gasteiger partial charge is 0.251 e. The molecule has 1 N–H and O–H groups in total. The van der Waals surface area contributed by atoms with E-state index in [2.05, 4.69) is 29.3 Å². The van der Waals surface area contributed by atoms with Crippen LogP contribution in [-0.4, -0.2) is 34.5 Å². The molecule has 0 aliphatic carbocycles. The molecule has 25 heavy (non-hydrogen) atoms. The molecule has 1 fully saturated rings. The zero-order valence-corrected chi connectivity index (χ0v) is 14.8. The van der Waals surface area contributed by atoms with Gasteiger partial charge in [-0.05, 0) is 30.0 Å². The Hall–Kier alpha value is -2.40. The first-order valence-electron chi connectivity index (χ1n) is 8.74. The average Bonchev–Trinajstić information content (AvgIpc) is 2.90. The average molecular weight is 339 g/mol. The van der Waals surface area contributed by atoms with Gasteiger partial charge in [0.2, 0.25) is 5.91 Å². The van der Waals surface area contributed by atoms with Gasteiger partial charge in [0, 0.05) is 37.9 Å². The third-order valence-corrected chi connectivity index (χ3v) is 4.75. The van der Waals surface area contributed by atoms with Crippen molar-refractivity contribution in [3.63, 3.8) is 0 Å². The summed E-state index contributed by atoms with van der Waals surface area (Å²) in [5.74, 6) is 0.284. The monoisotopic (exact) mass is 339 g/mol. The van der Waals surface area contributed by atoms with E-state index in [0.717, 1.165) is 25.2 Å². The van der Waals surface area contributed by atoms with Crippen molar-refractivity contribution in [1.29, 1.82) is 0 Å². The van der Waals surface area contributed by atoms with Crippen LogP contribution >= 0.6 is 0 Å². The molecule has 5 nitrogen and oxygen atoms in total. The maximum atomic E-state index is 12.3. The Morgan fingerprint density at radius 2 is 1.96 bits per heavy atom. The first-order chi connectivity index (χ1) is 12.0. The highest BCUT2D eigenvalue weighted by Crippen LogP contribution is 2.18. The molecule has 3 rings (SSSR count). The second-order valence-electron chi connectivity index (χ2n) is 7.00. The summed E-state index contributed by atoms with van der Waals surface area (Å²) in [5.41, 5.74) is 2.05. The van der Waals surface area contributed by atoms with Crippen LogP contribution < -0.4 is 10.9 Å². The van der Waals surface area contributed by atoms with E-state index in [1.807, 2.05) is 31.2 Å². The van der Waals surface area contributed by atoms with E-state index in [-0.39, 0.29) is 24.1 Å². The molecule has 1 aromatic carbocycles. The number of benzene rings is 1. The summed E-state index contributed by atoms with van der Waals surface area (Å²) < 4.78 is 1.45. The van der Waals surface area contributed by atoms with E-state index in [9.17, 15) is 9.59 Å². The van der Waals surface area contributed by atoms with Crippen LogP contribution in [0.15, 0.2) is 53.5 Å². The summed E-state index contributed by atoms with van der Waals surface area (Å²) in [6.07, 6.45) is 1.68. The summed E-state index contributed by atoms with van der Waals surface area (Å²) in [5, 5.41) is 3.09. The van der Waals surface area contributed by atoms with Gasteiger partial charge >= 0.3 is 0 Å². The van der Waals surface area contributed by atoms with E-state index >= 15 is 0 Å². The third kappa shape index (κ3) is 4.57. The Labute approximate surface area is 148 Å². The van der Waals surface area contributed by atoms with Gasteiger partial charge in [-0.1, -0.05) is 37.3 Å². The SMILES string of the molecule is Cc1ccn(CC(=O)N[C@@H]2CN(Cc3ccccc3)C[C@@H]2C)c(=O)c1. The van der Waals surface area contributed by atoms with Crippen LogP contribution in [0.4, 0.5) is 0 Å². The summed E-state index contributed by atoms with van der Waals surface area (Å²) in [6, 6.07) is 13.9. The van der Waals surface area contributed by atoms with Gasteiger partial charge in [-0.25, -0.2) is 0 Å². The van der Waals surface area contributed by atoms with Gasteiger partial charge in [0.15, 0.2) is 0 Å². The second-order valence-corrected chi connectivity index (χ2v) is 7.00. The molecule has 0 unspecified atom stereocenters. The molecule has 2 heterocycles. The lowest BCUT2D eigenvalue weighted by molar-refractivity contribution is -0.122. The first-order valence-corrected chi connectivity index (χ1v) is 8.74. The predicted molar refractivity (Wildman–Crippen MR) is 98.3 cm³/mol. The third-order valence-electron chi connectivity index (χ3n) is 4.75. The fraction of sp³-hybridized carbons (Fsp3) is 0.400. The minimum atomic E-state index is -0.139. The fourth-order valence-electron chi connectivity index (χ4n) is 3.37. The Bertz CT molecular complexity index is 785. The number of carbonyl (C=O) groups excluding carboxylic acids is 1. The van der Waals surface area contributed by atoms with Gasteiger partial charge < -0.3 is 9.88 Å². The molecular formula is C20H25N3O2. The first kappa shape index (κ1) is 17.4. The maximum absolute atomic E-state index is 12.3. The van der Waals surface area contributed by atoms with Crippen molar-refractivity contribution in [2.45, 2.75) is 33.0 Å². The van der Waals surface area contributed by atoms with Crippen LogP contribution in [0.25, 0.3) is 0 Å². The largest absolute Gasteiger partial charge is 0.350 e. The zero-order valence-electron chi connectivity index (χ0n) is 14.8. The molecule has 0 radical (unpaired) electrons. The molecular weight excluding hydrogens is 314 g/mol. The van der Waals surface area contributed by atoms with Crippen LogP contribution in [0, 0.1) is 12.8 Å². The van der Waals surface area contributed by atoms with E-state index < -0.39 is 0 Å². The molecule has 1 amide bonds. The number of hydrogen-bond donors (Lipinski definition) is 1. The zero-order chi connectivity index (χ0) is 17.8. The molecule has 2 aromatic rings. The van der Waals surface area contributed by atoms with Gasteiger partial charge in [-0.3, -0.25) is 14.5 Å². The quantitative estimate of drug-likeness (QED) is 0.904. The normalized spacial score (nSPS) is 20.6. The Balaban J connectivity index is 1.55. The van der Waals surface area contributed by atoms with Gasteiger partial charge in [-0.15, -0.1) is 0 Å². The Morgan fingerprint density at radius 3 is 2.68 bits per heavy atom. The van der Waals surface area contributed by atoms with Gasteiger partial charge in [0.05, 0.1) is 0 Å². The Kier molecular flexibility index (Phi) is 5.34. The fourth-order valence-corrected chi connectivity index (χ4v) is 3.37. The number of nitrogens with one attached hydrogen (secondary N) is 1. The Morgan fingerprint density at radius 1 is 1.20 bits per heavy atom. The number of pyridine rings is 1. The molecule has 132 valence electrons. The minimum absolute atomic E-state index is 0.0705. The highest BCUT2D eigenvalue weighted by atomic mass is 16.2. The summed E-state index contributed by atoms with van der Waals surface area (Å²) in [7, 11) is 0. The van der Waals surface area contributed by atoms with Gasteiger partial charge in [-0.2, -0.15) is 0 Å². The molecule has 0 saturated carbocycles. The van der Waals surface area contributed by atoms with E-state index in [1.54, 1.807) is 12.3 Å². The maximum Gasteiger partial charge on any atom is 0.251 e. The number of aryl methyl sites for hydroxylation is 1. The highest BCUT2D eigenvalue weighted by molar-refractivity contribution is 5.76. The molecule has 0 spiro atoms. The van der Waals surface area contributed by atoms with Crippen molar-refractivity contribution in [1.82, 2.24) is 14.8 Å². The molecule has 1 aliphatic heterocycles. The number of likely N-dealkylation sites (tertiary alicyclic amines) is 1. The lowest BCUT2D eigenvalue weighted by Gasteiger charge is -2.18. The van der Waals surface area contributed by atoms with Crippen molar-refractivity contribution >= 4 is 5.91 Å². The summed E-state index contributed by atoms with van der Waals surface area (Å²) in [4.78, 5) is 26.6. The minimum Gasteiger partial charge on any atom is -0.350 e.